The highest BCUT2D eigenvalue weighted by atomic mass is 16.5. The SMILES string of the molecule is COCCOc1ccc(C(=O)/C=C\c2cnc3ccc(C#N)cn23)cc1. The Morgan fingerprint density at radius 3 is 2.77 bits per heavy atom. The van der Waals surface area contributed by atoms with Gasteiger partial charge in [0.1, 0.15) is 24.1 Å². The van der Waals surface area contributed by atoms with Crippen molar-refractivity contribution in [2.24, 2.45) is 0 Å². The molecule has 0 amide bonds. The number of ether oxygens (including phenoxy) is 2. The van der Waals surface area contributed by atoms with E-state index in [0.717, 1.165) is 5.69 Å². The first-order chi connectivity index (χ1) is 12.7. The van der Waals surface area contributed by atoms with Gasteiger partial charge in [-0.2, -0.15) is 5.26 Å². The molecule has 6 heteroatoms. The maximum atomic E-state index is 12.3. The molecule has 0 bridgehead atoms. The highest BCUT2D eigenvalue weighted by Gasteiger charge is 2.05. The van der Waals surface area contributed by atoms with Crippen molar-refractivity contribution in [2.45, 2.75) is 0 Å². The van der Waals surface area contributed by atoms with Crippen molar-refractivity contribution in [1.82, 2.24) is 9.38 Å². The van der Waals surface area contributed by atoms with Crippen molar-refractivity contribution in [3.05, 3.63) is 71.7 Å². The van der Waals surface area contributed by atoms with Crippen LogP contribution in [0.15, 0.2) is 54.9 Å². The van der Waals surface area contributed by atoms with E-state index in [1.165, 1.54) is 6.08 Å². The summed E-state index contributed by atoms with van der Waals surface area (Å²) in [6, 6.07) is 12.5. The lowest BCUT2D eigenvalue weighted by molar-refractivity contribution is 0.104. The van der Waals surface area contributed by atoms with Crippen molar-refractivity contribution in [3.8, 4) is 11.8 Å². The molecular formula is C20H17N3O3. The van der Waals surface area contributed by atoms with E-state index in [0.29, 0.717) is 35.7 Å². The van der Waals surface area contributed by atoms with E-state index in [1.54, 1.807) is 66.4 Å². The van der Waals surface area contributed by atoms with Crippen LogP contribution in [-0.4, -0.2) is 35.5 Å². The second-order valence-electron chi connectivity index (χ2n) is 5.50. The Morgan fingerprint density at radius 2 is 2.04 bits per heavy atom. The molecule has 0 saturated carbocycles. The van der Waals surface area contributed by atoms with E-state index in [9.17, 15) is 4.79 Å². The number of imidazole rings is 1. The van der Waals surface area contributed by atoms with E-state index >= 15 is 0 Å². The summed E-state index contributed by atoms with van der Waals surface area (Å²) in [6.45, 7) is 0.971. The summed E-state index contributed by atoms with van der Waals surface area (Å²) >= 11 is 0. The zero-order chi connectivity index (χ0) is 18.4. The van der Waals surface area contributed by atoms with E-state index in [2.05, 4.69) is 11.1 Å². The quantitative estimate of drug-likeness (QED) is 0.373. The minimum Gasteiger partial charge on any atom is -0.491 e. The van der Waals surface area contributed by atoms with E-state index in [-0.39, 0.29) is 5.78 Å². The molecule has 0 atom stereocenters. The number of fused-ring (bicyclic) bond motifs is 1. The third kappa shape index (κ3) is 3.97. The predicted octanol–water partition coefficient (Wildman–Crippen LogP) is 3.13. The summed E-state index contributed by atoms with van der Waals surface area (Å²) in [5, 5.41) is 9.01. The molecule has 0 radical (unpaired) electrons. The van der Waals surface area contributed by atoms with Gasteiger partial charge in [0.25, 0.3) is 0 Å². The smallest absolute Gasteiger partial charge is 0.185 e. The maximum Gasteiger partial charge on any atom is 0.185 e. The summed E-state index contributed by atoms with van der Waals surface area (Å²) < 4.78 is 12.2. The summed E-state index contributed by atoms with van der Waals surface area (Å²) in [5.41, 5.74) is 2.53. The van der Waals surface area contributed by atoms with Crippen LogP contribution < -0.4 is 4.74 Å². The Labute approximate surface area is 150 Å². The van der Waals surface area contributed by atoms with Crippen LogP contribution in [0.2, 0.25) is 0 Å². The van der Waals surface area contributed by atoms with Gasteiger partial charge in [0.15, 0.2) is 5.78 Å². The van der Waals surface area contributed by atoms with Gasteiger partial charge >= 0.3 is 0 Å². The van der Waals surface area contributed by atoms with E-state index in [1.807, 2.05) is 0 Å². The molecule has 0 unspecified atom stereocenters. The normalized spacial score (nSPS) is 10.9. The Morgan fingerprint density at radius 1 is 1.23 bits per heavy atom. The lowest BCUT2D eigenvalue weighted by Crippen LogP contribution is -2.04. The number of nitriles is 1. The number of pyridine rings is 1. The number of hydrogen-bond acceptors (Lipinski definition) is 5. The molecule has 0 spiro atoms. The first kappa shape index (κ1) is 17.4. The zero-order valence-electron chi connectivity index (χ0n) is 14.3. The van der Waals surface area contributed by atoms with Gasteiger partial charge in [-0.15, -0.1) is 0 Å². The van der Waals surface area contributed by atoms with Gasteiger partial charge in [-0.05, 0) is 48.6 Å². The van der Waals surface area contributed by atoms with Crippen molar-refractivity contribution in [3.63, 3.8) is 0 Å². The minimum atomic E-state index is -0.125. The van der Waals surface area contributed by atoms with Crippen LogP contribution in [0.4, 0.5) is 0 Å². The lowest BCUT2D eigenvalue weighted by atomic mass is 10.1. The highest BCUT2D eigenvalue weighted by Crippen LogP contribution is 2.14. The summed E-state index contributed by atoms with van der Waals surface area (Å²) in [7, 11) is 1.61. The Hall–Kier alpha value is -3.43. The topological polar surface area (TPSA) is 76.6 Å². The van der Waals surface area contributed by atoms with E-state index < -0.39 is 0 Å². The van der Waals surface area contributed by atoms with Gasteiger partial charge in [0, 0.05) is 18.9 Å². The number of ketones is 1. The van der Waals surface area contributed by atoms with Gasteiger partial charge < -0.3 is 9.47 Å². The fourth-order valence-electron chi connectivity index (χ4n) is 2.40. The lowest BCUT2D eigenvalue weighted by Gasteiger charge is -2.05. The number of rotatable bonds is 7. The fourth-order valence-corrected chi connectivity index (χ4v) is 2.40. The third-order valence-corrected chi connectivity index (χ3v) is 3.76. The van der Waals surface area contributed by atoms with Gasteiger partial charge in [0.05, 0.1) is 24.1 Å². The number of aromatic nitrogens is 2. The molecule has 2 heterocycles. The maximum absolute atomic E-state index is 12.3. The van der Waals surface area contributed by atoms with Crippen LogP contribution in [0, 0.1) is 11.3 Å². The van der Waals surface area contributed by atoms with Gasteiger partial charge in [-0.25, -0.2) is 4.98 Å². The summed E-state index contributed by atoms with van der Waals surface area (Å²) in [4.78, 5) is 16.6. The van der Waals surface area contributed by atoms with Gasteiger partial charge in [-0.1, -0.05) is 0 Å². The molecule has 0 aliphatic carbocycles. The Kier molecular flexibility index (Phi) is 5.42. The number of benzene rings is 1. The molecule has 3 rings (SSSR count). The molecule has 26 heavy (non-hydrogen) atoms. The molecule has 0 N–H and O–H groups in total. The molecule has 1 aromatic carbocycles. The molecule has 2 aromatic heterocycles. The average Bonchev–Trinajstić information content (AvgIpc) is 3.09. The zero-order valence-corrected chi connectivity index (χ0v) is 14.3. The molecule has 6 nitrogen and oxygen atoms in total. The highest BCUT2D eigenvalue weighted by molar-refractivity contribution is 6.06. The molecule has 130 valence electrons. The van der Waals surface area contributed by atoms with Crippen molar-refractivity contribution < 1.29 is 14.3 Å². The molecule has 0 fully saturated rings. The predicted molar refractivity (Wildman–Crippen MR) is 97.1 cm³/mol. The van der Waals surface area contributed by atoms with E-state index in [4.69, 9.17) is 14.7 Å². The summed E-state index contributed by atoms with van der Waals surface area (Å²) in [6.07, 6.45) is 6.53. The summed E-state index contributed by atoms with van der Waals surface area (Å²) in [5.74, 6) is 0.563. The molecule has 3 aromatic rings. The Bertz CT molecular complexity index is 982. The number of carbonyl (C=O) groups is 1. The van der Waals surface area contributed by atoms with Gasteiger partial charge in [-0.3, -0.25) is 9.20 Å². The number of carbonyl (C=O) groups excluding carboxylic acids is 1. The number of hydrogen-bond donors (Lipinski definition) is 0. The fraction of sp³-hybridized carbons (Fsp3) is 0.150. The van der Waals surface area contributed by atoms with Crippen molar-refractivity contribution >= 4 is 17.5 Å². The first-order valence-electron chi connectivity index (χ1n) is 8.02. The number of allylic oxidation sites excluding steroid dienone is 1. The van der Waals surface area contributed by atoms with Crippen LogP contribution in [0.1, 0.15) is 21.6 Å². The van der Waals surface area contributed by atoms with Gasteiger partial charge in [0.2, 0.25) is 0 Å². The minimum absolute atomic E-state index is 0.125. The Balaban J connectivity index is 1.72. The number of nitrogens with zero attached hydrogens (tertiary/aromatic N) is 3. The number of methoxy groups -OCH3 is 1. The third-order valence-electron chi connectivity index (χ3n) is 3.76. The van der Waals surface area contributed by atoms with Crippen molar-refractivity contribution in [2.75, 3.05) is 20.3 Å². The van der Waals surface area contributed by atoms with Crippen molar-refractivity contribution in [1.29, 1.82) is 5.26 Å². The largest absolute Gasteiger partial charge is 0.491 e. The van der Waals surface area contributed by atoms with Crippen LogP contribution in [0.5, 0.6) is 5.75 Å². The molecular weight excluding hydrogens is 330 g/mol. The van der Waals surface area contributed by atoms with Crippen LogP contribution >= 0.6 is 0 Å². The second-order valence-corrected chi connectivity index (χ2v) is 5.50. The first-order valence-corrected chi connectivity index (χ1v) is 8.02. The van der Waals surface area contributed by atoms with Crippen LogP contribution in [-0.2, 0) is 4.74 Å². The monoisotopic (exact) mass is 347 g/mol. The molecule has 0 aliphatic rings. The van der Waals surface area contributed by atoms with Crippen LogP contribution in [0.25, 0.3) is 11.7 Å². The van der Waals surface area contributed by atoms with Crippen LogP contribution in [0.3, 0.4) is 0 Å². The molecule has 0 aliphatic heterocycles. The second kappa shape index (κ2) is 8.10. The standard InChI is InChI=1S/C20H17N3O3/c1-25-10-11-26-18-6-3-16(4-7-18)19(24)8-5-17-13-22-20-9-2-15(12-21)14-23(17)20/h2-9,13-14H,10-11H2,1H3/b8-5-. The average molecular weight is 347 g/mol. The molecule has 0 saturated heterocycles.